The Morgan fingerprint density at radius 3 is 2.65 bits per heavy atom. The number of alkyl halides is 1. The number of rotatable bonds is 6. The molecule has 0 atom stereocenters. The summed E-state index contributed by atoms with van der Waals surface area (Å²) in [7, 11) is 1.60. The van der Waals surface area contributed by atoms with E-state index in [0.29, 0.717) is 24.0 Å². The quantitative estimate of drug-likeness (QED) is 0.605. The summed E-state index contributed by atoms with van der Waals surface area (Å²) >= 11 is 3.34. The van der Waals surface area contributed by atoms with Gasteiger partial charge in [-0.15, -0.1) is 0 Å². The van der Waals surface area contributed by atoms with Crippen molar-refractivity contribution in [2.45, 2.75) is 0 Å². The maximum Gasteiger partial charge on any atom is 0.230 e. The van der Waals surface area contributed by atoms with Crippen LogP contribution in [0.1, 0.15) is 0 Å². The number of fused-ring (bicyclic) bond motifs is 1. The van der Waals surface area contributed by atoms with E-state index in [1.807, 2.05) is 42.5 Å². The number of hydrogen-bond acceptors (Lipinski definition) is 5. The van der Waals surface area contributed by atoms with Crippen LogP contribution in [0.2, 0.25) is 0 Å². The molecule has 1 heterocycles. The van der Waals surface area contributed by atoms with E-state index in [4.69, 9.17) is 14.2 Å². The number of nitrogens with zero attached hydrogens (tertiary/aromatic N) is 2. The molecular formula is C17H15BrN2O3. The first-order chi connectivity index (χ1) is 11.3. The highest BCUT2D eigenvalue weighted by Gasteiger charge is 2.10. The number of benzene rings is 2. The zero-order valence-corrected chi connectivity index (χ0v) is 14.1. The molecule has 0 aliphatic rings. The van der Waals surface area contributed by atoms with Crippen LogP contribution in [0.15, 0.2) is 48.8 Å². The average molecular weight is 375 g/mol. The lowest BCUT2D eigenvalue weighted by atomic mass is 10.2. The van der Waals surface area contributed by atoms with Crippen LogP contribution in [-0.2, 0) is 0 Å². The number of ether oxygens (including phenoxy) is 3. The van der Waals surface area contributed by atoms with Gasteiger partial charge in [0.2, 0.25) is 5.88 Å². The number of halogens is 1. The second-order valence-corrected chi connectivity index (χ2v) is 5.44. The Kier molecular flexibility index (Phi) is 4.92. The van der Waals surface area contributed by atoms with Crippen LogP contribution in [0.4, 0.5) is 0 Å². The van der Waals surface area contributed by atoms with Crippen LogP contribution in [-0.4, -0.2) is 29.0 Å². The van der Waals surface area contributed by atoms with E-state index in [-0.39, 0.29) is 0 Å². The lowest BCUT2D eigenvalue weighted by Gasteiger charge is -2.11. The maximum absolute atomic E-state index is 5.91. The van der Waals surface area contributed by atoms with Gasteiger partial charge in [-0.05, 0) is 24.3 Å². The van der Waals surface area contributed by atoms with Crippen molar-refractivity contribution in [1.82, 2.24) is 9.97 Å². The molecule has 0 bridgehead atoms. The summed E-state index contributed by atoms with van der Waals surface area (Å²) < 4.78 is 16.8. The van der Waals surface area contributed by atoms with Crippen molar-refractivity contribution in [1.29, 1.82) is 0 Å². The molecule has 3 aromatic rings. The monoisotopic (exact) mass is 374 g/mol. The van der Waals surface area contributed by atoms with E-state index in [2.05, 4.69) is 25.9 Å². The molecule has 6 heteroatoms. The highest BCUT2D eigenvalue weighted by molar-refractivity contribution is 9.09. The lowest BCUT2D eigenvalue weighted by Crippen LogP contribution is -1.98. The molecule has 0 amide bonds. The van der Waals surface area contributed by atoms with Gasteiger partial charge >= 0.3 is 0 Å². The molecule has 118 valence electrons. The number of hydrogen-bond donors (Lipinski definition) is 0. The van der Waals surface area contributed by atoms with Crippen LogP contribution in [0.5, 0.6) is 23.1 Å². The first-order valence-corrected chi connectivity index (χ1v) is 8.18. The molecule has 0 saturated heterocycles. The third kappa shape index (κ3) is 3.53. The Morgan fingerprint density at radius 1 is 1.04 bits per heavy atom. The summed E-state index contributed by atoms with van der Waals surface area (Å²) in [6.45, 7) is 0.598. The van der Waals surface area contributed by atoms with Crippen molar-refractivity contribution < 1.29 is 14.2 Å². The largest absolute Gasteiger partial charge is 0.493 e. The van der Waals surface area contributed by atoms with Crippen molar-refractivity contribution >= 4 is 26.8 Å². The van der Waals surface area contributed by atoms with Crippen molar-refractivity contribution in [2.24, 2.45) is 0 Å². The molecule has 0 unspecified atom stereocenters. The van der Waals surface area contributed by atoms with Crippen molar-refractivity contribution in [2.75, 3.05) is 19.0 Å². The summed E-state index contributed by atoms with van der Waals surface area (Å²) in [5.41, 5.74) is 0.761. The molecule has 0 spiro atoms. The van der Waals surface area contributed by atoms with E-state index in [9.17, 15) is 0 Å². The number of aromatic nitrogens is 2. The molecule has 0 N–H and O–H groups in total. The normalized spacial score (nSPS) is 10.5. The summed E-state index contributed by atoms with van der Waals surface area (Å²) in [4.78, 5) is 8.51. The Bertz CT molecular complexity index is 811. The molecule has 0 saturated carbocycles. The SMILES string of the molecule is COc1ccccc1Oc1ncnc2cc(OCCBr)ccc12. The third-order valence-corrected chi connectivity index (χ3v) is 3.52. The van der Waals surface area contributed by atoms with Gasteiger partial charge in [-0.1, -0.05) is 28.1 Å². The predicted octanol–water partition coefficient (Wildman–Crippen LogP) is 4.20. The Morgan fingerprint density at radius 2 is 1.87 bits per heavy atom. The highest BCUT2D eigenvalue weighted by Crippen LogP contribution is 2.33. The van der Waals surface area contributed by atoms with E-state index in [1.54, 1.807) is 7.11 Å². The van der Waals surface area contributed by atoms with Gasteiger partial charge in [0.05, 0.1) is 24.6 Å². The fraction of sp³-hybridized carbons (Fsp3) is 0.176. The van der Waals surface area contributed by atoms with Gasteiger partial charge in [0.1, 0.15) is 12.1 Å². The number of para-hydroxylation sites is 2. The second-order valence-electron chi connectivity index (χ2n) is 4.65. The minimum Gasteiger partial charge on any atom is -0.493 e. The average Bonchev–Trinajstić information content (AvgIpc) is 2.60. The summed E-state index contributed by atoms with van der Waals surface area (Å²) in [6.07, 6.45) is 1.47. The summed E-state index contributed by atoms with van der Waals surface area (Å²) in [5, 5.41) is 1.58. The fourth-order valence-corrected chi connectivity index (χ4v) is 2.31. The van der Waals surface area contributed by atoms with Gasteiger partial charge in [0.15, 0.2) is 11.5 Å². The van der Waals surface area contributed by atoms with E-state index < -0.39 is 0 Å². The smallest absolute Gasteiger partial charge is 0.230 e. The van der Waals surface area contributed by atoms with E-state index in [0.717, 1.165) is 22.0 Å². The van der Waals surface area contributed by atoms with Crippen molar-refractivity contribution in [3.05, 3.63) is 48.8 Å². The van der Waals surface area contributed by atoms with Crippen LogP contribution in [0.25, 0.3) is 10.9 Å². The lowest BCUT2D eigenvalue weighted by molar-refractivity contribution is 0.345. The molecular weight excluding hydrogens is 360 g/mol. The second kappa shape index (κ2) is 7.28. The first-order valence-electron chi connectivity index (χ1n) is 7.06. The summed E-state index contributed by atoms with van der Waals surface area (Å²) in [5.74, 6) is 2.50. The maximum atomic E-state index is 5.91. The fourth-order valence-electron chi connectivity index (χ4n) is 2.15. The Balaban J connectivity index is 1.95. The molecule has 3 rings (SSSR count). The molecule has 0 aliphatic heterocycles. The zero-order chi connectivity index (χ0) is 16.1. The Labute approximate surface area is 142 Å². The predicted molar refractivity (Wildman–Crippen MR) is 91.9 cm³/mol. The van der Waals surface area contributed by atoms with E-state index >= 15 is 0 Å². The van der Waals surface area contributed by atoms with Gasteiger partial charge in [0, 0.05) is 11.4 Å². The van der Waals surface area contributed by atoms with Gasteiger partial charge in [0.25, 0.3) is 0 Å². The molecule has 1 aromatic heterocycles. The van der Waals surface area contributed by atoms with Crippen LogP contribution >= 0.6 is 15.9 Å². The van der Waals surface area contributed by atoms with Crippen LogP contribution in [0, 0.1) is 0 Å². The minimum absolute atomic E-state index is 0.478. The molecule has 5 nitrogen and oxygen atoms in total. The zero-order valence-electron chi connectivity index (χ0n) is 12.5. The first kappa shape index (κ1) is 15.6. The van der Waals surface area contributed by atoms with Gasteiger partial charge < -0.3 is 14.2 Å². The topological polar surface area (TPSA) is 53.5 Å². The minimum atomic E-state index is 0.478. The van der Waals surface area contributed by atoms with Crippen molar-refractivity contribution in [3.8, 4) is 23.1 Å². The van der Waals surface area contributed by atoms with Crippen LogP contribution < -0.4 is 14.2 Å². The van der Waals surface area contributed by atoms with Gasteiger partial charge in [-0.2, -0.15) is 0 Å². The Hall–Kier alpha value is -2.34. The summed E-state index contributed by atoms with van der Waals surface area (Å²) in [6, 6.07) is 13.1. The molecule has 0 radical (unpaired) electrons. The highest BCUT2D eigenvalue weighted by atomic mass is 79.9. The molecule has 23 heavy (non-hydrogen) atoms. The third-order valence-electron chi connectivity index (χ3n) is 3.19. The van der Waals surface area contributed by atoms with Crippen LogP contribution in [0.3, 0.4) is 0 Å². The molecule has 0 aliphatic carbocycles. The molecule has 2 aromatic carbocycles. The van der Waals surface area contributed by atoms with Gasteiger partial charge in [-0.25, -0.2) is 9.97 Å². The van der Waals surface area contributed by atoms with Crippen molar-refractivity contribution in [3.63, 3.8) is 0 Å². The van der Waals surface area contributed by atoms with Gasteiger partial charge in [-0.3, -0.25) is 0 Å². The standard InChI is InChI=1S/C17H15BrN2O3/c1-21-15-4-2-3-5-16(15)23-17-13-7-6-12(22-9-8-18)10-14(13)19-11-20-17/h2-7,10-11H,8-9H2,1H3. The van der Waals surface area contributed by atoms with E-state index in [1.165, 1.54) is 6.33 Å². The molecule has 0 fully saturated rings. The number of methoxy groups -OCH3 is 1.